The Labute approximate surface area is 97.9 Å². The minimum atomic E-state index is -0.259. The van der Waals surface area contributed by atoms with Crippen molar-refractivity contribution in [2.45, 2.75) is 44.9 Å². The van der Waals surface area contributed by atoms with Crippen LogP contribution in [0.15, 0.2) is 30.3 Å². The average molecular weight is 216 g/mol. The van der Waals surface area contributed by atoms with Crippen LogP contribution in [0.3, 0.4) is 0 Å². The molecule has 0 saturated heterocycles. The Morgan fingerprint density at radius 1 is 1.12 bits per heavy atom. The first-order valence-corrected chi connectivity index (χ1v) is 6.14. The van der Waals surface area contributed by atoms with E-state index in [4.69, 9.17) is 0 Å². The highest BCUT2D eigenvalue weighted by atomic mass is 16.1. The summed E-state index contributed by atoms with van der Waals surface area (Å²) in [5, 5.41) is 0. The molecule has 0 radical (unpaired) electrons. The third-order valence-electron chi connectivity index (χ3n) is 4.31. The third kappa shape index (κ3) is 1.59. The standard InChI is InChI=1S/C15H20O/c1-14(2,12-16)15(10-6-7-11-15)13-8-4-3-5-9-13/h3-5,8-9,12H,6-7,10-11H2,1-2H3. The molecule has 1 nitrogen and oxygen atoms in total. The highest BCUT2D eigenvalue weighted by molar-refractivity contribution is 5.62. The molecule has 0 aromatic heterocycles. The first-order chi connectivity index (χ1) is 7.62. The second-order valence-corrected chi connectivity index (χ2v) is 5.49. The Bertz CT molecular complexity index is 358. The number of carbonyl (C=O) groups is 1. The second kappa shape index (κ2) is 4.04. The van der Waals surface area contributed by atoms with Crippen LogP contribution in [0.4, 0.5) is 0 Å². The molecule has 0 heterocycles. The van der Waals surface area contributed by atoms with Crippen molar-refractivity contribution in [2.75, 3.05) is 0 Å². The summed E-state index contributed by atoms with van der Waals surface area (Å²) in [5.74, 6) is 0. The van der Waals surface area contributed by atoms with Gasteiger partial charge in [0.15, 0.2) is 0 Å². The summed E-state index contributed by atoms with van der Waals surface area (Å²) < 4.78 is 0. The summed E-state index contributed by atoms with van der Waals surface area (Å²) >= 11 is 0. The lowest BCUT2D eigenvalue weighted by molar-refractivity contribution is -0.118. The summed E-state index contributed by atoms with van der Waals surface area (Å²) in [6, 6.07) is 10.6. The van der Waals surface area contributed by atoms with Crippen LogP contribution in [0.25, 0.3) is 0 Å². The van der Waals surface area contributed by atoms with E-state index in [9.17, 15) is 4.79 Å². The van der Waals surface area contributed by atoms with Crippen LogP contribution < -0.4 is 0 Å². The van der Waals surface area contributed by atoms with Crippen molar-refractivity contribution >= 4 is 6.29 Å². The number of hydrogen-bond acceptors (Lipinski definition) is 1. The van der Waals surface area contributed by atoms with Crippen molar-refractivity contribution < 1.29 is 4.79 Å². The number of carbonyl (C=O) groups excluding carboxylic acids is 1. The lowest BCUT2D eigenvalue weighted by Crippen LogP contribution is -2.40. The lowest BCUT2D eigenvalue weighted by atomic mass is 9.61. The number of hydrogen-bond donors (Lipinski definition) is 0. The molecule has 1 saturated carbocycles. The van der Waals surface area contributed by atoms with Crippen LogP contribution in [0, 0.1) is 5.41 Å². The molecule has 0 spiro atoms. The maximum atomic E-state index is 11.4. The summed E-state index contributed by atoms with van der Waals surface area (Å²) in [4.78, 5) is 11.4. The van der Waals surface area contributed by atoms with Gasteiger partial charge >= 0.3 is 0 Å². The Morgan fingerprint density at radius 2 is 1.69 bits per heavy atom. The zero-order valence-electron chi connectivity index (χ0n) is 10.2. The first-order valence-electron chi connectivity index (χ1n) is 6.14. The van der Waals surface area contributed by atoms with Crippen molar-refractivity contribution in [1.29, 1.82) is 0 Å². The second-order valence-electron chi connectivity index (χ2n) is 5.49. The van der Waals surface area contributed by atoms with Gasteiger partial charge in [0.2, 0.25) is 0 Å². The van der Waals surface area contributed by atoms with Crippen LogP contribution in [0.2, 0.25) is 0 Å². The van der Waals surface area contributed by atoms with Gasteiger partial charge in [-0.15, -0.1) is 0 Å². The molecule has 2 rings (SSSR count). The van der Waals surface area contributed by atoms with Crippen molar-refractivity contribution in [3.05, 3.63) is 35.9 Å². The minimum absolute atomic E-state index is 0.0655. The Morgan fingerprint density at radius 3 is 2.19 bits per heavy atom. The SMILES string of the molecule is CC(C)(C=O)C1(c2ccccc2)CCCC1. The summed E-state index contributed by atoms with van der Waals surface area (Å²) in [6.07, 6.45) is 5.91. The lowest BCUT2D eigenvalue weighted by Gasteiger charge is -2.41. The summed E-state index contributed by atoms with van der Waals surface area (Å²) in [6.45, 7) is 4.16. The maximum Gasteiger partial charge on any atom is 0.126 e. The zero-order chi connectivity index (χ0) is 11.6. The molecule has 0 N–H and O–H groups in total. The van der Waals surface area contributed by atoms with Gasteiger partial charge < -0.3 is 4.79 Å². The summed E-state index contributed by atoms with van der Waals surface area (Å²) in [7, 11) is 0. The first kappa shape index (κ1) is 11.4. The highest BCUT2D eigenvalue weighted by Crippen LogP contribution is 2.51. The molecule has 1 aromatic rings. The predicted molar refractivity (Wildman–Crippen MR) is 66.4 cm³/mol. The predicted octanol–water partition coefficient (Wildman–Crippen LogP) is 3.72. The van der Waals surface area contributed by atoms with Crippen LogP contribution in [-0.4, -0.2) is 6.29 Å². The smallest absolute Gasteiger partial charge is 0.126 e. The largest absolute Gasteiger partial charge is 0.303 e. The number of aldehydes is 1. The molecular weight excluding hydrogens is 196 g/mol. The topological polar surface area (TPSA) is 17.1 Å². The van der Waals surface area contributed by atoms with E-state index in [-0.39, 0.29) is 10.8 Å². The molecule has 0 amide bonds. The van der Waals surface area contributed by atoms with Crippen molar-refractivity contribution in [3.63, 3.8) is 0 Å². The van der Waals surface area contributed by atoms with E-state index in [1.54, 1.807) is 0 Å². The highest BCUT2D eigenvalue weighted by Gasteiger charge is 2.47. The molecule has 1 heteroatoms. The van der Waals surface area contributed by atoms with Gasteiger partial charge in [-0.05, 0) is 18.4 Å². The van der Waals surface area contributed by atoms with Gasteiger partial charge in [-0.2, -0.15) is 0 Å². The van der Waals surface area contributed by atoms with E-state index in [0.717, 1.165) is 19.1 Å². The average Bonchev–Trinajstić information content (AvgIpc) is 2.81. The van der Waals surface area contributed by atoms with Gasteiger partial charge in [0.05, 0.1) is 0 Å². The van der Waals surface area contributed by atoms with E-state index in [2.05, 4.69) is 38.1 Å². The minimum Gasteiger partial charge on any atom is -0.303 e. The molecule has 86 valence electrons. The van der Waals surface area contributed by atoms with E-state index in [1.165, 1.54) is 18.4 Å². The third-order valence-corrected chi connectivity index (χ3v) is 4.31. The zero-order valence-corrected chi connectivity index (χ0v) is 10.2. The van der Waals surface area contributed by atoms with E-state index >= 15 is 0 Å². The number of rotatable bonds is 3. The molecule has 1 aliphatic carbocycles. The molecule has 1 fully saturated rings. The van der Waals surface area contributed by atoms with E-state index < -0.39 is 0 Å². The quantitative estimate of drug-likeness (QED) is 0.704. The molecule has 0 unspecified atom stereocenters. The van der Waals surface area contributed by atoms with Gasteiger partial charge in [0.25, 0.3) is 0 Å². The molecule has 1 aliphatic rings. The van der Waals surface area contributed by atoms with Gasteiger partial charge in [-0.25, -0.2) is 0 Å². The van der Waals surface area contributed by atoms with Gasteiger partial charge in [-0.3, -0.25) is 0 Å². The summed E-state index contributed by atoms with van der Waals surface area (Å²) in [5.41, 5.74) is 1.14. The molecule has 1 aromatic carbocycles. The molecular formula is C15H20O. The molecule has 0 aliphatic heterocycles. The monoisotopic (exact) mass is 216 g/mol. The maximum absolute atomic E-state index is 11.4. The van der Waals surface area contributed by atoms with E-state index in [0.29, 0.717) is 0 Å². The molecule has 16 heavy (non-hydrogen) atoms. The fourth-order valence-corrected chi connectivity index (χ4v) is 3.15. The van der Waals surface area contributed by atoms with Crippen molar-refractivity contribution in [2.24, 2.45) is 5.41 Å². The molecule has 0 atom stereocenters. The number of benzene rings is 1. The van der Waals surface area contributed by atoms with Gasteiger partial charge in [-0.1, -0.05) is 57.0 Å². The van der Waals surface area contributed by atoms with Crippen LogP contribution in [-0.2, 0) is 10.2 Å². The normalized spacial score (nSPS) is 19.6. The van der Waals surface area contributed by atoms with Crippen molar-refractivity contribution in [3.8, 4) is 0 Å². The Balaban J connectivity index is 2.48. The van der Waals surface area contributed by atoms with E-state index in [1.807, 2.05) is 6.07 Å². The van der Waals surface area contributed by atoms with Gasteiger partial charge in [0.1, 0.15) is 6.29 Å². The van der Waals surface area contributed by atoms with Crippen LogP contribution >= 0.6 is 0 Å². The Hall–Kier alpha value is -1.11. The van der Waals surface area contributed by atoms with Crippen LogP contribution in [0.1, 0.15) is 45.1 Å². The Kier molecular flexibility index (Phi) is 2.88. The fourth-order valence-electron chi connectivity index (χ4n) is 3.15. The molecule has 0 bridgehead atoms. The van der Waals surface area contributed by atoms with Crippen molar-refractivity contribution in [1.82, 2.24) is 0 Å². The fraction of sp³-hybridized carbons (Fsp3) is 0.533. The van der Waals surface area contributed by atoms with Gasteiger partial charge in [0, 0.05) is 10.8 Å². The van der Waals surface area contributed by atoms with Crippen LogP contribution in [0.5, 0.6) is 0 Å².